The van der Waals surface area contributed by atoms with Gasteiger partial charge in [-0.05, 0) is 41.1 Å². The van der Waals surface area contributed by atoms with E-state index >= 15 is 0 Å². The van der Waals surface area contributed by atoms with Crippen molar-refractivity contribution in [2.24, 2.45) is 0 Å². The minimum absolute atomic E-state index is 0.0188. The number of nitrogens with zero attached hydrogens (tertiary/aromatic N) is 2. The number of benzene rings is 1. The zero-order valence-corrected chi connectivity index (χ0v) is 16.3. The van der Waals surface area contributed by atoms with Crippen LogP contribution in [0.2, 0.25) is 0 Å². The Balaban J connectivity index is 1.98. The van der Waals surface area contributed by atoms with E-state index in [1.165, 1.54) is 17.2 Å². The minimum atomic E-state index is -3.84. The van der Waals surface area contributed by atoms with Gasteiger partial charge in [0.1, 0.15) is 10.7 Å². The van der Waals surface area contributed by atoms with Crippen LogP contribution in [0.25, 0.3) is 0 Å². The van der Waals surface area contributed by atoms with E-state index in [2.05, 4.69) is 25.6 Å². The number of carbonyl (C=O) groups is 1. The molecule has 0 atom stereocenters. The fourth-order valence-corrected chi connectivity index (χ4v) is 3.72. The van der Waals surface area contributed by atoms with Crippen LogP contribution in [0.5, 0.6) is 0 Å². The van der Waals surface area contributed by atoms with Crippen LogP contribution in [0.3, 0.4) is 0 Å². The Kier molecular flexibility index (Phi) is 6.15. The average Bonchev–Trinajstić information content (AvgIpc) is 2.56. The lowest BCUT2D eigenvalue weighted by molar-refractivity contribution is -0.118. The first-order valence-corrected chi connectivity index (χ1v) is 9.72. The lowest BCUT2D eigenvalue weighted by Crippen LogP contribution is -2.32. The largest absolute Gasteiger partial charge is 0.383 e. The van der Waals surface area contributed by atoms with Crippen molar-refractivity contribution in [3.05, 3.63) is 46.6 Å². The molecule has 0 fully saturated rings. The van der Waals surface area contributed by atoms with E-state index in [0.29, 0.717) is 4.47 Å². The topological polar surface area (TPSA) is 105 Å². The van der Waals surface area contributed by atoms with Crippen LogP contribution in [0.1, 0.15) is 12.0 Å². The summed E-state index contributed by atoms with van der Waals surface area (Å²) in [5.41, 5.74) is 7.46. The van der Waals surface area contributed by atoms with Gasteiger partial charge in [-0.25, -0.2) is 18.1 Å². The summed E-state index contributed by atoms with van der Waals surface area (Å²) >= 11 is 3.16. The average molecular weight is 427 g/mol. The smallest absolute Gasteiger partial charge is 0.244 e. The quantitative estimate of drug-likeness (QED) is 0.735. The third-order valence-corrected chi connectivity index (χ3v) is 5.49. The Morgan fingerprint density at radius 1 is 1.32 bits per heavy atom. The molecule has 1 aromatic carbocycles. The second-order valence-electron chi connectivity index (χ2n) is 5.47. The van der Waals surface area contributed by atoms with Gasteiger partial charge in [0, 0.05) is 36.4 Å². The van der Waals surface area contributed by atoms with Crippen molar-refractivity contribution in [1.82, 2.24) is 9.71 Å². The van der Waals surface area contributed by atoms with Gasteiger partial charge in [-0.1, -0.05) is 17.7 Å². The number of aryl methyl sites for hydroxylation is 1. The normalized spacial score (nSPS) is 11.3. The highest BCUT2D eigenvalue weighted by atomic mass is 79.9. The molecule has 0 aliphatic carbocycles. The monoisotopic (exact) mass is 426 g/mol. The summed E-state index contributed by atoms with van der Waals surface area (Å²) in [7, 11) is -2.19. The van der Waals surface area contributed by atoms with Crippen molar-refractivity contribution in [3.8, 4) is 0 Å². The zero-order chi connectivity index (χ0) is 18.6. The van der Waals surface area contributed by atoms with Crippen molar-refractivity contribution in [1.29, 1.82) is 0 Å². The van der Waals surface area contributed by atoms with Crippen LogP contribution in [0.4, 0.5) is 11.5 Å². The van der Waals surface area contributed by atoms with E-state index in [4.69, 9.17) is 5.73 Å². The lowest BCUT2D eigenvalue weighted by atomic mass is 10.2. The summed E-state index contributed by atoms with van der Waals surface area (Å²) in [6, 6.07) is 8.86. The summed E-state index contributed by atoms with van der Waals surface area (Å²) in [5, 5.41) is 0. The van der Waals surface area contributed by atoms with Gasteiger partial charge in [0.25, 0.3) is 0 Å². The van der Waals surface area contributed by atoms with Gasteiger partial charge < -0.3 is 10.6 Å². The van der Waals surface area contributed by atoms with Gasteiger partial charge in [-0.3, -0.25) is 4.79 Å². The molecule has 0 aliphatic heterocycles. The van der Waals surface area contributed by atoms with Crippen molar-refractivity contribution in [2.45, 2.75) is 18.2 Å². The molecule has 1 aromatic heterocycles. The Labute approximate surface area is 155 Å². The summed E-state index contributed by atoms with van der Waals surface area (Å²) in [6.45, 7) is 1.92. The number of halogens is 1. The number of anilines is 2. The first kappa shape index (κ1) is 19.4. The maximum atomic E-state index is 12.3. The van der Waals surface area contributed by atoms with E-state index < -0.39 is 10.0 Å². The first-order chi connectivity index (χ1) is 11.7. The molecule has 134 valence electrons. The Hall–Kier alpha value is -1.97. The fourth-order valence-electron chi connectivity index (χ4n) is 2.10. The molecule has 7 nitrogen and oxygen atoms in total. The molecule has 0 radical (unpaired) electrons. The number of rotatable bonds is 6. The number of sulfonamides is 1. The second-order valence-corrected chi connectivity index (χ2v) is 8.12. The second kappa shape index (κ2) is 7.94. The van der Waals surface area contributed by atoms with Gasteiger partial charge in [0.05, 0.1) is 0 Å². The van der Waals surface area contributed by atoms with Crippen LogP contribution in [-0.2, 0) is 14.8 Å². The van der Waals surface area contributed by atoms with Crippen molar-refractivity contribution < 1.29 is 13.2 Å². The van der Waals surface area contributed by atoms with Crippen molar-refractivity contribution in [2.75, 3.05) is 24.2 Å². The van der Waals surface area contributed by atoms with E-state index in [9.17, 15) is 13.2 Å². The highest BCUT2D eigenvalue weighted by molar-refractivity contribution is 9.10. The standard InChI is InChI=1S/C16H19BrN4O3S/c1-11-3-5-13(6-4-11)21(2)15(22)7-8-20-25(23,24)14-9-12(17)10-19-16(14)18/h3-6,9-10,20H,7-8H2,1-2H3,(H2,18,19). The molecule has 0 aliphatic rings. The fraction of sp³-hybridized carbons (Fsp3) is 0.250. The van der Waals surface area contributed by atoms with Crippen LogP contribution in [0.15, 0.2) is 45.9 Å². The van der Waals surface area contributed by atoms with Crippen LogP contribution >= 0.6 is 15.9 Å². The van der Waals surface area contributed by atoms with Gasteiger partial charge in [0.15, 0.2) is 0 Å². The third-order valence-electron chi connectivity index (χ3n) is 3.56. The molecule has 25 heavy (non-hydrogen) atoms. The van der Waals surface area contributed by atoms with E-state index in [0.717, 1.165) is 11.3 Å². The van der Waals surface area contributed by atoms with Crippen LogP contribution in [-0.4, -0.2) is 32.9 Å². The molecule has 0 bridgehead atoms. The number of amides is 1. The molecule has 3 N–H and O–H groups in total. The molecule has 0 saturated heterocycles. The first-order valence-electron chi connectivity index (χ1n) is 7.44. The van der Waals surface area contributed by atoms with E-state index in [1.807, 2.05) is 31.2 Å². The number of aromatic nitrogens is 1. The molecule has 0 saturated carbocycles. The summed E-state index contributed by atoms with van der Waals surface area (Å²) < 4.78 is 27.4. The number of hydrogen-bond donors (Lipinski definition) is 2. The van der Waals surface area contributed by atoms with Gasteiger partial charge >= 0.3 is 0 Å². The number of nitrogen functional groups attached to an aromatic ring is 1. The zero-order valence-electron chi connectivity index (χ0n) is 13.9. The Bertz CT molecular complexity index is 869. The predicted molar refractivity (Wildman–Crippen MR) is 101 cm³/mol. The maximum absolute atomic E-state index is 12.3. The molecule has 9 heteroatoms. The summed E-state index contributed by atoms with van der Waals surface area (Å²) in [4.78, 5) is 17.4. The van der Waals surface area contributed by atoms with Gasteiger partial charge in [-0.15, -0.1) is 0 Å². The molecule has 1 amide bonds. The van der Waals surface area contributed by atoms with Gasteiger partial charge in [0.2, 0.25) is 15.9 Å². The maximum Gasteiger partial charge on any atom is 0.244 e. The molecule has 0 spiro atoms. The molecular formula is C16H19BrN4O3S. The lowest BCUT2D eigenvalue weighted by Gasteiger charge is -2.17. The summed E-state index contributed by atoms with van der Waals surface area (Å²) in [5.74, 6) is -0.300. The summed E-state index contributed by atoms with van der Waals surface area (Å²) in [6.07, 6.45) is 1.43. The Morgan fingerprint density at radius 3 is 2.60 bits per heavy atom. The van der Waals surface area contributed by atoms with Crippen molar-refractivity contribution in [3.63, 3.8) is 0 Å². The Morgan fingerprint density at radius 2 is 1.96 bits per heavy atom. The highest BCUT2D eigenvalue weighted by Gasteiger charge is 2.19. The molecule has 0 unspecified atom stereocenters. The minimum Gasteiger partial charge on any atom is -0.383 e. The van der Waals surface area contributed by atoms with Crippen LogP contribution < -0.4 is 15.4 Å². The van der Waals surface area contributed by atoms with Crippen molar-refractivity contribution >= 4 is 43.4 Å². The SMILES string of the molecule is Cc1ccc(N(C)C(=O)CCNS(=O)(=O)c2cc(Br)cnc2N)cc1. The van der Waals surface area contributed by atoms with E-state index in [-0.39, 0.29) is 29.6 Å². The molecular weight excluding hydrogens is 408 g/mol. The predicted octanol–water partition coefficient (Wildman–Crippen LogP) is 2.07. The molecule has 2 rings (SSSR count). The number of hydrogen-bond acceptors (Lipinski definition) is 5. The number of pyridine rings is 1. The van der Waals surface area contributed by atoms with Crippen LogP contribution in [0, 0.1) is 6.92 Å². The molecule has 1 heterocycles. The number of nitrogens with two attached hydrogens (primary N) is 1. The highest BCUT2D eigenvalue weighted by Crippen LogP contribution is 2.20. The van der Waals surface area contributed by atoms with E-state index in [1.54, 1.807) is 7.05 Å². The molecule has 2 aromatic rings. The number of carbonyl (C=O) groups excluding carboxylic acids is 1. The number of nitrogens with one attached hydrogen (secondary N) is 1. The van der Waals surface area contributed by atoms with Gasteiger partial charge in [-0.2, -0.15) is 0 Å². The third kappa shape index (κ3) is 5.00.